The Kier molecular flexibility index (Phi) is 8.84. The first-order valence-corrected chi connectivity index (χ1v) is 13.0. The molecule has 214 valence electrons. The highest BCUT2D eigenvalue weighted by Crippen LogP contribution is 2.36. The molecule has 0 aliphatic rings. The first-order valence-electron chi connectivity index (χ1n) is 13.0. The summed E-state index contributed by atoms with van der Waals surface area (Å²) in [6, 6.07) is 20.3. The van der Waals surface area contributed by atoms with Crippen molar-refractivity contribution in [2.24, 2.45) is 11.1 Å². The molecule has 0 unspecified atom stereocenters. The number of benzene rings is 3. The number of carbonyl (C=O) groups excluding carboxylic acids is 2. The van der Waals surface area contributed by atoms with Crippen molar-refractivity contribution in [3.63, 3.8) is 0 Å². The van der Waals surface area contributed by atoms with Crippen LogP contribution in [-0.4, -0.2) is 42.1 Å². The number of halogens is 1. The number of ether oxygens (including phenoxy) is 1. The van der Waals surface area contributed by atoms with Crippen molar-refractivity contribution in [3.8, 4) is 40.0 Å². The van der Waals surface area contributed by atoms with Gasteiger partial charge in [-0.05, 0) is 60.0 Å². The average Bonchev–Trinajstić information content (AvgIpc) is 2.99. The van der Waals surface area contributed by atoms with Crippen LogP contribution in [0.5, 0.6) is 11.5 Å². The van der Waals surface area contributed by atoms with Gasteiger partial charge in [-0.25, -0.2) is 9.37 Å². The van der Waals surface area contributed by atoms with Crippen molar-refractivity contribution in [1.29, 1.82) is 5.26 Å². The van der Waals surface area contributed by atoms with Crippen LogP contribution in [0, 0.1) is 22.6 Å². The lowest BCUT2D eigenvalue weighted by molar-refractivity contribution is 0.0937. The van der Waals surface area contributed by atoms with E-state index in [-0.39, 0.29) is 45.3 Å². The number of aromatic nitrogens is 1. The third-order valence-electron chi connectivity index (χ3n) is 6.67. The molecule has 0 atom stereocenters. The number of hydrogen-bond donors (Lipinski definition) is 4. The number of methoxy groups -OCH3 is 1. The normalized spacial score (nSPS) is 11.0. The standard InChI is InChI=1S/C32H30FN5O4/c1-32(2,17-35)18-36-30(40)20-8-6-7-19(13-20)24-15-26(22-12-11-21(33)14-27(22)39)37-29(25(24)16-34)38-31(41)23-9-4-5-10-28(23)42-3/h4-15,39H,17-18,35H2,1-3H3,(H,36,40)(H,37,38,41). The van der Waals surface area contributed by atoms with Crippen molar-refractivity contribution >= 4 is 17.6 Å². The number of amides is 2. The Balaban J connectivity index is 1.84. The van der Waals surface area contributed by atoms with Gasteiger partial charge in [0.25, 0.3) is 11.8 Å². The Morgan fingerprint density at radius 2 is 1.81 bits per heavy atom. The molecule has 0 saturated carbocycles. The van der Waals surface area contributed by atoms with Gasteiger partial charge in [0.2, 0.25) is 0 Å². The lowest BCUT2D eigenvalue weighted by atomic mass is 9.93. The number of nitrogens with zero attached hydrogens (tertiary/aromatic N) is 2. The summed E-state index contributed by atoms with van der Waals surface area (Å²) in [5.74, 6) is -1.71. The maximum Gasteiger partial charge on any atom is 0.260 e. The molecule has 9 nitrogen and oxygen atoms in total. The van der Waals surface area contributed by atoms with Crippen LogP contribution in [0.3, 0.4) is 0 Å². The fourth-order valence-corrected chi connectivity index (χ4v) is 4.16. The molecular formula is C32H30FN5O4. The van der Waals surface area contributed by atoms with Gasteiger partial charge in [-0.2, -0.15) is 5.26 Å². The first kappa shape index (κ1) is 29.7. The van der Waals surface area contributed by atoms with Crippen LogP contribution in [0.2, 0.25) is 0 Å². The molecular weight excluding hydrogens is 537 g/mol. The smallest absolute Gasteiger partial charge is 0.260 e. The Morgan fingerprint density at radius 1 is 1.05 bits per heavy atom. The monoisotopic (exact) mass is 567 g/mol. The summed E-state index contributed by atoms with van der Waals surface area (Å²) in [6.07, 6.45) is 0. The molecule has 42 heavy (non-hydrogen) atoms. The van der Waals surface area contributed by atoms with Crippen LogP contribution in [0.4, 0.5) is 10.2 Å². The number of nitriles is 1. The summed E-state index contributed by atoms with van der Waals surface area (Å²) in [6.45, 7) is 4.62. The second-order valence-corrected chi connectivity index (χ2v) is 10.3. The third kappa shape index (κ3) is 6.54. The van der Waals surface area contributed by atoms with Gasteiger partial charge in [0, 0.05) is 29.3 Å². The summed E-state index contributed by atoms with van der Waals surface area (Å²) in [7, 11) is 1.43. The van der Waals surface area contributed by atoms with Crippen LogP contribution in [-0.2, 0) is 0 Å². The number of hydrogen-bond acceptors (Lipinski definition) is 7. The number of pyridine rings is 1. The van der Waals surface area contributed by atoms with E-state index in [4.69, 9.17) is 10.5 Å². The van der Waals surface area contributed by atoms with E-state index in [1.54, 1.807) is 54.6 Å². The van der Waals surface area contributed by atoms with Crippen molar-refractivity contribution in [2.75, 3.05) is 25.5 Å². The minimum atomic E-state index is -0.647. The highest BCUT2D eigenvalue weighted by molar-refractivity contribution is 6.07. The van der Waals surface area contributed by atoms with E-state index in [2.05, 4.69) is 21.7 Å². The number of rotatable bonds is 9. The van der Waals surface area contributed by atoms with Crippen LogP contribution < -0.4 is 21.1 Å². The maximum atomic E-state index is 13.8. The summed E-state index contributed by atoms with van der Waals surface area (Å²) < 4.78 is 19.1. The van der Waals surface area contributed by atoms with E-state index in [0.717, 1.165) is 12.1 Å². The summed E-state index contributed by atoms with van der Waals surface area (Å²) in [5, 5.41) is 26.3. The molecule has 0 spiro atoms. The van der Waals surface area contributed by atoms with Gasteiger partial charge in [0.1, 0.15) is 28.9 Å². The fraction of sp³-hybridized carbons (Fsp3) is 0.188. The second-order valence-electron chi connectivity index (χ2n) is 10.3. The molecule has 1 aromatic heterocycles. The molecule has 10 heteroatoms. The topological polar surface area (TPSA) is 150 Å². The lowest BCUT2D eigenvalue weighted by Gasteiger charge is -2.22. The Bertz CT molecular complexity index is 1700. The van der Waals surface area contributed by atoms with Gasteiger partial charge in [-0.3, -0.25) is 9.59 Å². The summed E-state index contributed by atoms with van der Waals surface area (Å²) >= 11 is 0. The summed E-state index contributed by atoms with van der Waals surface area (Å²) in [4.78, 5) is 30.7. The van der Waals surface area contributed by atoms with Gasteiger partial charge in [-0.1, -0.05) is 38.1 Å². The van der Waals surface area contributed by atoms with E-state index in [0.29, 0.717) is 35.5 Å². The number of nitrogens with one attached hydrogen (secondary N) is 2. The van der Waals surface area contributed by atoms with Crippen molar-refractivity contribution < 1.29 is 23.8 Å². The zero-order valence-electron chi connectivity index (χ0n) is 23.4. The molecule has 0 radical (unpaired) electrons. The van der Waals surface area contributed by atoms with E-state index in [1.165, 1.54) is 13.2 Å². The molecule has 4 rings (SSSR count). The van der Waals surface area contributed by atoms with Gasteiger partial charge < -0.3 is 26.2 Å². The zero-order valence-corrected chi connectivity index (χ0v) is 23.4. The molecule has 3 aromatic carbocycles. The van der Waals surface area contributed by atoms with Crippen LogP contribution in [0.1, 0.15) is 40.1 Å². The van der Waals surface area contributed by atoms with E-state index >= 15 is 0 Å². The Hall–Kier alpha value is -5.27. The fourth-order valence-electron chi connectivity index (χ4n) is 4.16. The third-order valence-corrected chi connectivity index (χ3v) is 6.67. The highest BCUT2D eigenvalue weighted by atomic mass is 19.1. The molecule has 0 aliphatic heterocycles. The van der Waals surface area contributed by atoms with Gasteiger partial charge in [-0.15, -0.1) is 0 Å². The quantitative estimate of drug-likeness (QED) is 0.220. The number of aromatic hydroxyl groups is 1. The predicted molar refractivity (Wildman–Crippen MR) is 158 cm³/mol. The molecule has 0 bridgehead atoms. The number of phenolic OH excluding ortho intramolecular Hbond substituents is 1. The summed E-state index contributed by atoms with van der Waals surface area (Å²) in [5.41, 5.74) is 7.20. The number of anilines is 1. The SMILES string of the molecule is COc1ccccc1C(=O)Nc1nc(-c2ccc(F)cc2O)cc(-c2cccc(C(=O)NCC(C)(C)CN)c2)c1C#N. The van der Waals surface area contributed by atoms with Crippen LogP contribution in [0.25, 0.3) is 22.4 Å². The maximum absolute atomic E-state index is 13.8. The molecule has 0 aliphatic carbocycles. The molecule has 5 N–H and O–H groups in total. The van der Waals surface area contributed by atoms with Gasteiger partial charge >= 0.3 is 0 Å². The minimum Gasteiger partial charge on any atom is -0.507 e. The van der Waals surface area contributed by atoms with Crippen LogP contribution >= 0.6 is 0 Å². The van der Waals surface area contributed by atoms with Crippen molar-refractivity contribution in [3.05, 3.63) is 95.3 Å². The average molecular weight is 568 g/mol. The Morgan fingerprint density at radius 3 is 2.50 bits per heavy atom. The molecule has 0 fully saturated rings. The van der Waals surface area contributed by atoms with E-state index < -0.39 is 11.7 Å². The number of para-hydroxylation sites is 1. The molecule has 4 aromatic rings. The van der Waals surface area contributed by atoms with E-state index in [9.17, 15) is 24.3 Å². The number of nitrogens with two attached hydrogens (primary N) is 1. The van der Waals surface area contributed by atoms with Crippen molar-refractivity contribution in [1.82, 2.24) is 10.3 Å². The van der Waals surface area contributed by atoms with Crippen LogP contribution in [0.15, 0.2) is 72.8 Å². The van der Waals surface area contributed by atoms with Gasteiger partial charge in [0.15, 0.2) is 5.82 Å². The lowest BCUT2D eigenvalue weighted by Crippen LogP contribution is -2.38. The number of carbonyl (C=O) groups is 2. The molecule has 1 heterocycles. The Labute approximate surface area is 242 Å². The molecule has 2 amide bonds. The van der Waals surface area contributed by atoms with Gasteiger partial charge in [0.05, 0.1) is 18.4 Å². The molecule has 0 saturated heterocycles. The highest BCUT2D eigenvalue weighted by Gasteiger charge is 2.22. The minimum absolute atomic E-state index is 0.0189. The second kappa shape index (κ2) is 12.5. The van der Waals surface area contributed by atoms with Crippen molar-refractivity contribution in [2.45, 2.75) is 13.8 Å². The van der Waals surface area contributed by atoms with E-state index in [1.807, 2.05) is 13.8 Å². The first-order chi connectivity index (χ1) is 20.1. The number of phenols is 1. The largest absolute Gasteiger partial charge is 0.507 e. The predicted octanol–water partition coefficient (Wildman–Crippen LogP) is 5.11. The zero-order chi connectivity index (χ0) is 30.4.